The highest BCUT2D eigenvalue weighted by atomic mass is 16.2. The Balaban J connectivity index is 1.69. The second-order valence-electron chi connectivity index (χ2n) is 5.41. The summed E-state index contributed by atoms with van der Waals surface area (Å²) in [6.07, 6.45) is 5.85. The minimum absolute atomic E-state index is 0.259. The van der Waals surface area contributed by atoms with E-state index in [2.05, 4.69) is 14.8 Å². The number of carbonyl (C=O) groups excluding carboxylic acids is 1. The summed E-state index contributed by atoms with van der Waals surface area (Å²) >= 11 is 0. The normalized spacial score (nSPS) is 20.8. The zero-order valence-electron chi connectivity index (χ0n) is 10.9. The van der Waals surface area contributed by atoms with Crippen LogP contribution in [0.5, 0.6) is 0 Å². The molecule has 0 radical (unpaired) electrons. The number of carbonyl (C=O) groups is 1. The van der Waals surface area contributed by atoms with Gasteiger partial charge >= 0.3 is 0 Å². The van der Waals surface area contributed by atoms with Gasteiger partial charge in [-0.1, -0.05) is 19.3 Å². The van der Waals surface area contributed by atoms with Gasteiger partial charge in [-0.05, 0) is 19.8 Å². The Bertz CT molecular complexity index is 448. The molecular weight excluding hydrogens is 228 g/mol. The first-order valence-corrected chi connectivity index (χ1v) is 6.93. The van der Waals surface area contributed by atoms with Gasteiger partial charge in [0, 0.05) is 19.0 Å². The van der Waals surface area contributed by atoms with Crippen molar-refractivity contribution in [1.29, 1.82) is 0 Å². The minimum Gasteiger partial charge on any atom is -0.333 e. The van der Waals surface area contributed by atoms with Crippen LogP contribution in [0.15, 0.2) is 0 Å². The maximum Gasteiger partial charge on any atom is 0.226 e. The fourth-order valence-corrected chi connectivity index (χ4v) is 3.10. The number of fused-ring (bicyclic) bond motifs is 1. The van der Waals surface area contributed by atoms with Crippen LogP contribution in [-0.4, -0.2) is 32.1 Å². The number of amides is 1. The van der Waals surface area contributed by atoms with Crippen LogP contribution in [0.1, 0.15) is 43.8 Å². The van der Waals surface area contributed by atoms with Crippen LogP contribution < -0.4 is 0 Å². The van der Waals surface area contributed by atoms with Gasteiger partial charge in [0.05, 0.1) is 6.54 Å². The lowest BCUT2D eigenvalue weighted by atomic mass is 9.88. The number of rotatable bonds is 1. The zero-order valence-corrected chi connectivity index (χ0v) is 10.9. The van der Waals surface area contributed by atoms with Crippen molar-refractivity contribution in [3.8, 4) is 0 Å². The van der Waals surface area contributed by atoms with Crippen molar-refractivity contribution < 1.29 is 4.79 Å². The molecule has 18 heavy (non-hydrogen) atoms. The Kier molecular flexibility index (Phi) is 3.06. The van der Waals surface area contributed by atoms with Gasteiger partial charge in [0.1, 0.15) is 5.82 Å². The third-order valence-corrected chi connectivity index (χ3v) is 4.20. The van der Waals surface area contributed by atoms with Gasteiger partial charge in [0.2, 0.25) is 5.91 Å². The van der Waals surface area contributed by atoms with Gasteiger partial charge in [-0.2, -0.15) is 0 Å². The summed E-state index contributed by atoms with van der Waals surface area (Å²) in [5.41, 5.74) is 0. The van der Waals surface area contributed by atoms with E-state index in [4.69, 9.17) is 0 Å². The first kappa shape index (κ1) is 11.7. The third kappa shape index (κ3) is 2.02. The molecule has 1 aromatic heterocycles. The average Bonchev–Trinajstić information content (AvgIpc) is 2.80. The van der Waals surface area contributed by atoms with Crippen LogP contribution >= 0.6 is 0 Å². The second-order valence-corrected chi connectivity index (χ2v) is 5.41. The summed E-state index contributed by atoms with van der Waals surface area (Å²) < 4.78 is 2.12. The fourth-order valence-electron chi connectivity index (χ4n) is 3.10. The van der Waals surface area contributed by atoms with E-state index in [1.165, 1.54) is 19.3 Å². The monoisotopic (exact) mass is 248 g/mol. The topological polar surface area (TPSA) is 51.0 Å². The number of aromatic nitrogens is 3. The van der Waals surface area contributed by atoms with E-state index in [-0.39, 0.29) is 5.92 Å². The molecule has 0 unspecified atom stereocenters. The molecular formula is C13H20N4O. The van der Waals surface area contributed by atoms with Gasteiger partial charge in [0.25, 0.3) is 0 Å². The van der Waals surface area contributed by atoms with E-state index in [0.717, 1.165) is 37.6 Å². The second kappa shape index (κ2) is 4.71. The summed E-state index contributed by atoms with van der Waals surface area (Å²) in [6.45, 7) is 4.25. The lowest BCUT2D eigenvalue weighted by Crippen LogP contribution is -2.42. The third-order valence-electron chi connectivity index (χ3n) is 4.20. The Morgan fingerprint density at radius 2 is 1.94 bits per heavy atom. The molecule has 2 heterocycles. The predicted molar refractivity (Wildman–Crippen MR) is 66.8 cm³/mol. The molecule has 1 aliphatic heterocycles. The van der Waals surface area contributed by atoms with E-state index in [1.54, 1.807) is 0 Å². The van der Waals surface area contributed by atoms with Gasteiger partial charge < -0.3 is 9.47 Å². The lowest BCUT2D eigenvalue weighted by molar-refractivity contribution is -0.138. The van der Waals surface area contributed by atoms with Crippen molar-refractivity contribution in [2.45, 2.75) is 52.1 Å². The van der Waals surface area contributed by atoms with E-state index in [9.17, 15) is 4.79 Å². The molecule has 1 aromatic rings. The Morgan fingerprint density at radius 1 is 1.17 bits per heavy atom. The number of hydrogen-bond donors (Lipinski definition) is 0. The lowest BCUT2D eigenvalue weighted by Gasteiger charge is -2.32. The number of aryl methyl sites for hydroxylation is 1. The SMILES string of the molecule is Cc1nnc2n1CCN(C(=O)C1CCCCC1)C2. The minimum atomic E-state index is 0.259. The Morgan fingerprint density at radius 3 is 2.72 bits per heavy atom. The van der Waals surface area contributed by atoms with Crippen LogP contribution in [0, 0.1) is 12.8 Å². The summed E-state index contributed by atoms with van der Waals surface area (Å²) in [5, 5.41) is 8.23. The van der Waals surface area contributed by atoms with E-state index < -0.39 is 0 Å². The molecule has 1 saturated carbocycles. The molecule has 5 nitrogen and oxygen atoms in total. The zero-order chi connectivity index (χ0) is 12.5. The summed E-state index contributed by atoms with van der Waals surface area (Å²) in [5.74, 6) is 2.48. The van der Waals surface area contributed by atoms with Crippen molar-refractivity contribution in [3.05, 3.63) is 11.6 Å². The first-order valence-electron chi connectivity index (χ1n) is 6.93. The molecule has 98 valence electrons. The molecule has 0 saturated heterocycles. The largest absolute Gasteiger partial charge is 0.333 e. The highest BCUT2D eigenvalue weighted by Gasteiger charge is 2.29. The molecule has 1 fully saturated rings. The average molecular weight is 248 g/mol. The maximum atomic E-state index is 12.4. The van der Waals surface area contributed by atoms with Crippen LogP contribution in [0.4, 0.5) is 0 Å². The highest BCUT2D eigenvalue weighted by molar-refractivity contribution is 5.79. The van der Waals surface area contributed by atoms with Crippen molar-refractivity contribution in [2.24, 2.45) is 5.92 Å². The van der Waals surface area contributed by atoms with Crippen molar-refractivity contribution in [3.63, 3.8) is 0 Å². The molecule has 3 rings (SSSR count). The predicted octanol–water partition coefficient (Wildman–Crippen LogP) is 1.51. The van der Waals surface area contributed by atoms with Crippen LogP contribution in [0.25, 0.3) is 0 Å². The van der Waals surface area contributed by atoms with Crippen LogP contribution in [-0.2, 0) is 17.9 Å². The maximum absolute atomic E-state index is 12.4. The van der Waals surface area contributed by atoms with Crippen LogP contribution in [0.2, 0.25) is 0 Å². The summed E-state index contributed by atoms with van der Waals surface area (Å²) in [7, 11) is 0. The number of hydrogen-bond acceptors (Lipinski definition) is 3. The first-order chi connectivity index (χ1) is 8.75. The fraction of sp³-hybridized carbons (Fsp3) is 0.769. The Hall–Kier alpha value is -1.39. The molecule has 0 atom stereocenters. The van der Waals surface area contributed by atoms with Crippen molar-refractivity contribution >= 4 is 5.91 Å². The van der Waals surface area contributed by atoms with Gasteiger partial charge in [0.15, 0.2) is 5.82 Å². The Labute approximate surface area is 107 Å². The molecule has 5 heteroatoms. The molecule has 0 bridgehead atoms. The molecule has 2 aliphatic rings. The van der Waals surface area contributed by atoms with Crippen molar-refractivity contribution in [2.75, 3.05) is 6.54 Å². The quantitative estimate of drug-likeness (QED) is 0.757. The van der Waals surface area contributed by atoms with E-state index in [0.29, 0.717) is 12.5 Å². The standard InChI is InChI=1S/C13H20N4O/c1-10-14-15-12-9-16(7-8-17(10)12)13(18)11-5-3-2-4-6-11/h11H,2-9H2,1H3. The van der Waals surface area contributed by atoms with E-state index in [1.807, 2.05) is 11.8 Å². The van der Waals surface area contributed by atoms with Gasteiger partial charge in [-0.25, -0.2) is 0 Å². The number of nitrogens with zero attached hydrogens (tertiary/aromatic N) is 4. The van der Waals surface area contributed by atoms with Gasteiger partial charge in [-0.15, -0.1) is 10.2 Å². The molecule has 0 spiro atoms. The summed E-state index contributed by atoms with van der Waals surface area (Å²) in [6, 6.07) is 0. The van der Waals surface area contributed by atoms with Crippen LogP contribution in [0.3, 0.4) is 0 Å². The van der Waals surface area contributed by atoms with E-state index >= 15 is 0 Å². The molecule has 1 aliphatic carbocycles. The highest BCUT2D eigenvalue weighted by Crippen LogP contribution is 2.26. The summed E-state index contributed by atoms with van der Waals surface area (Å²) in [4.78, 5) is 14.4. The smallest absolute Gasteiger partial charge is 0.226 e. The molecule has 0 N–H and O–H groups in total. The van der Waals surface area contributed by atoms with Crippen molar-refractivity contribution in [1.82, 2.24) is 19.7 Å². The molecule has 0 aromatic carbocycles. The van der Waals surface area contributed by atoms with Gasteiger partial charge in [-0.3, -0.25) is 4.79 Å². The molecule has 1 amide bonds.